The smallest absolute Gasteiger partial charge is 0.326 e. The van der Waals surface area contributed by atoms with Crippen molar-refractivity contribution in [1.29, 1.82) is 0 Å². The third kappa shape index (κ3) is 7.91. The van der Waals surface area contributed by atoms with Gasteiger partial charge >= 0.3 is 5.97 Å². The number of rotatable bonds is 11. The number of aliphatic carboxylic acids is 1. The van der Waals surface area contributed by atoms with E-state index in [2.05, 4.69) is 33.9 Å². The molecule has 0 aromatic heterocycles. The molecule has 1 aromatic rings. The van der Waals surface area contributed by atoms with Gasteiger partial charge in [0, 0.05) is 12.2 Å². The van der Waals surface area contributed by atoms with Crippen molar-refractivity contribution in [2.24, 2.45) is 0 Å². The van der Waals surface area contributed by atoms with Crippen molar-refractivity contribution in [3.63, 3.8) is 0 Å². The van der Waals surface area contributed by atoms with Crippen LogP contribution < -0.4 is 21.3 Å². The molecule has 0 radical (unpaired) electrons. The summed E-state index contributed by atoms with van der Waals surface area (Å²) in [5, 5.41) is 39.1. The minimum absolute atomic E-state index is 0.0241. The molecule has 2 rings (SSSR count). The molecule has 1 heterocycles. The molecule has 5 atom stereocenters. The number of phenolic OH excluding ortho intramolecular Hbond substituents is 1. The number of carboxylic acid groups (broad SMARTS) is 1. The van der Waals surface area contributed by atoms with Crippen molar-refractivity contribution in [3.8, 4) is 5.75 Å². The summed E-state index contributed by atoms with van der Waals surface area (Å²) in [5.74, 6) is -3.41. The average Bonchev–Trinajstić information content (AvgIpc) is 3.31. The fraction of sp³-hybridized carbons (Fsp3) is 0.524. The lowest BCUT2D eigenvalue weighted by Crippen LogP contribution is -2.60. The second-order valence-corrected chi connectivity index (χ2v) is 8.25. The molecule has 1 aromatic carbocycles. The van der Waals surface area contributed by atoms with E-state index in [4.69, 9.17) is 0 Å². The summed E-state index contributed by atoms with van der Waals surface area (Å²) in [7, 11) is 0. The van der Waals surface area contributed by atoms with Crippen molar-refractivity contribution < 1.29 is 34.5 Å². The Morgan fingerprint density at radius 1 is 1.09 bits per heavy atom. The van der Waals surface area contributed by atoms with Gasteiger partial charge in [0.1, 0.15) is 23.9 Å². The van der Waals surface area contributed by atoms with Gasteiger partial charge in [-0.3, -0.25) is 14.4 Å². The number of nitrogens with one attached hydrogen (secondary N) is 4. The van der Waals surface area contributed by atoms with Gasteiger partial charge in [-0.2, -0.15) is 12.6 Å². The number of hydrogen-bond acceptors (Lipinski definition) is 8. The van der Waals surface area contributed by atoms with Gasteiger partial charge in [-0.15, -0.1) is 0 Å². The van der Waals surface area contributed by atoms with Crippen LogP contribution >= 0.6 is 12.6 Å². The highest BCUT2D eigenvalue weighted by Gasteiger charge is 2.33. The maximum atomic E-state index is 12.7. The molecule has 1 aliphatic heterocycles. The Labute approximate surface area is 196 Å². The highest BCUT2D eigenvalue weighted by molar-refractivity contribution is 7.80. The number of thiol groups is 1. The van der Waals surface area contributed by atoms with Crippen LogP contribution in [0.4, 0.5) is 0 Å². The summed E-state index contributed by atoms with van der Waals surface area (Å²) < 4.78 is 0. The zero-order valence-corrected chi connectivity index (χ0v) is 19.0. The third-order valence-corrected chi connectivity index (χ3v) is 5.61. The lowest BCUT2D eigenvalue weighted by molar-refractivity contribution is -0.142. The first kappa shape index (κ1) is 26.4. The summed E-state index contributed by atoms with van der Waals surface area (Å²) in [5.41, 5.74) is 0.573. The standard InChI is InChI=1S/C21H30N4O7S/c1-11(26)17(25-18(28)14-3-2-8-22-14)20(30)24-16(10-33)19(29)23-15(21(31)32)9-12-4-6-13(27)7-5-12/h4-7,11,14-17,22,26-27,33H,2-3,8-10H2,1H3,(H,23,29)(H,24,30)(H,25,28)(H,31,32). The maximum Gasteiger partial charge on any atom is 0.326 e. The molecule has 1 fully saturated rings. The minimum Gasteiger partial charge on any atom is -0.508 e. The molecule has 7 N–H and O–H groups in total. The maximum absolute atomic E-state index is 12.7. The molecule has 1 aliphatic rings. The van der Waals surface area contributed by atoms with Crippen LogP contribution in [0.15, 0.2) is 24.3 Å². The molecule has 11 nitrogen and oxygen atoms in total. The normalized spacial score (nSPS) is 19.1. The Kier molecular flexibility index (Phi) is 9.95. The Morgan fingerprint density at radius 3 is 2.24 bits per heavy atom. The van der Waals surface area contributed by atoms with Crippen molar-refractivity contribution in [2.75, 3.05) is 12.3 Å². The largest absolute Gasteiger partial charge is 0.508 e. The molecule has 0 bridgehead atoms. The average molecular weight is 483 g/mol. The van der Waals surface area contributed by atoms with Crippen molar-refractivity contribution in [1.82, 2.24) is 21.3 Å². The molecule has 182 valence electrons. The van der Waals surface area contributed by atoms with E-state index in [1.165, 1.54) is 31.2 Å². The van der Waals surface area contributed by atoms with E-state index in [0.29, 0.717) is 18.5 Å². The number of carbonyl (C=O) groups excluding carboxylic acids is 3. The number of aliphatic hydroxyl groups excluding tert-OH is 1. The minimum atomic E-state index is -1.30. The number of amides is 3. The van der Waals surface area contributed by atoms with Gasteiger partial charge in [0.05, 0.1) is 12.1 Å². The fourth-order valence-corrected chi connectivity index (χ4v) is 3.62. The van der Waals surface area contributed by atoms with Gasteiger partial charge in [-0.25, -0.2) is 4.79 Å². The van der Waals surface area contributed by atoms with Crippen LogP contribution in [0, 0.1) is 0 Å². The topological polar surface area (TPSA) is 177 Å². The van der Waals surface area contributed by atoms with Crippen LogP contribution in [-0.2, 0) is 25.6 Å². The van der Waals surface area contributed by atoms with Crippen LogP contribution in [0.1, 0.15) is 25.3 Å². The highest BCUT2D eigenvalue weighted by atomic mass is 32.1. The van der Waals surface area contributed by atoms with E-state index in [0.717, 1.165) is 6.42 Å². The number of phenols is 1. The predicted octanol–water partition coefficient (Wildman–Crippen LogP) is -1.46. The first-order valence-electron chi connectivity index (χ1n) is 10.6. The first-order valence-corrected chi connectivity index (χ1v) is 11.2. The second kappa shape index (κ2) is 12.4. The quantitative estimate of drug-likeness (QED) is 0.176. The van der Waals surface area contributed by atoms with Gasteiger partial charge in [-0.05, 0) is 44.0 Å². The highest BCUT2D eigenvalue weighted by Crippen LogP contribution is 2.12. The number of benzene rings is 1. The monoisotopic (exact) mass is 482 g/mol. The molecule has 5 unspecified atom stereocenters. The molecule has 1 saturated heterocycles. The number of aliphatic hydroxyl groups is 1. The van der Waals surface area contributed by atoms with Crippen LogP contribution in [0.25, 0.3) is 0 Å². The SMILES string of the molecule is CC(O)C(NC(=O)C1CCCN1)C(=O)NC(CS)C(=O)NC(Cc1ccc(O)cc1)C(=O)O. The van der Waals surface area contributed by atoms with E-state index in [-0.39, 0.29) is 17.9 Å². The fourth-order valence-electron chi connectivity index (χ4n) is 3.36. The van der Waals surface area contributed by atoms with E-state index in [9.17, 15) is 34.5 Å². The number of aromatic hydroxyl groups is 1. The summed E-state index contributed by atoms with van der Waals surface area (Å²) in [6.07, 6.45) is 0.148. The van der Waals surface area contributed by atoms with E-state index < -0.39 is 54.0 Å². The Bertz CT molecular complexity index is 844. The molecule has 0 spiro atoms. The van der Waals surface area contributed by atoms with Gasteiger partial charge in [0.15, 0.2) is 0 Å². The summed E-state index contributed by atoms with van der Waals surface area (Å²) in [6, 6.07) is 1.61. The summed E-state index contributed by atoms with van der Waals surface area (Å²) >= 11 is 4.06. The number of hydrogen-bond donors (Lipinski definition) is 8. The van der Waals surface area contributed by atoms with Crippen LogP contribution in [0.3, 0.4) is 0 Å². The first-order chi connectivity index (χ1) is 15.6. The Balaban J connectivity index is 2.01. The van der Waals surface area contributed by atoms with Crippen LogP contribution in [0.5, 0.6) is 5.75 Å². The summed E-state index contributed by atoms with van der Waals surface area (Å²) in [4.78, 5) is 49.3. The zero-order chi connectivity index (χ0) is 24.5. The summed E-state index contributed by atoms with van der Waals surface area (Å²) in [6.45, 7) is 2.01. The lowest BCUT2D eigenvalue weighted by atomic mass is 10.1. The molecule has 12 heteroatoms. The number of carboxylic acids is 1. The van der Waals surface area contributed by atoms with Crippen LogP contribution in [0.2, 0.25) is 0 Å². The molecule has 3 amide bonds. The molecular weight excluding hydrogens is 452 g/mol. The van der Waals surface area contributed by atoms with E-state index in [1.807, 2.05) is 0 Å². The zero-order valence-electron chi connectivity index (χ0n) is 18.2. The van der Waals surface area contributed by atoms with Crippen molar-refractivity contribution in [3.05, 3.63) is 29.8 Å². The van der Waals surface area contributed by atoms with E-state index >= 15 is 0 Å². The van der Waals surface area contributed by atoms with Crippen LogP contribution in [-0.4, -0.2) is 81.6 Å². The van der Waals surface area contributed by atoms with Gasteiger partial charge in [0.2, 0.25) is 17.7 Å². The van der Waals surface area contributed by atoms with Gasteiger partial charge in [0.25, 0.3) is 0 Å². The Hall–Kier alpha value is -2.83. The van der Waals surface area contributed by atoms with Crippen molar-refractivity contribution >= 4 is 36.3 Å². The molecule has 0 saturated carbocycles. The molecule has 0 aliphatic carbocycles. The second-order valence-electron chi connectivity index (χ2n) is 7.89. The Morgan fingerprint density at radius 2 is 1.73 bits per heavy atom. The van der Waals surface area contributed by atoms with Gasteiger partial charge < -0.3 is 36.6 Å². The van der Waals surface area contributed by atoms with Crippen molar-refractivity contribution in [2.45, 2.75) is 56.5 Å². The third-order valence-electron chi connectivity index (χ3n) is 5.25. The van der Waals surface area contributed by atoms with E-state index in [1.54, 1.807) is 0 Å². The molecular formula is C21H30N4O7S. The predicted molar refractivity (Wildman–Crippen MR) is 122 cm³/mol. The lowest BCUT2D eigenvalue weighted by Gasteiger charge is -2.26. The number of carbonyl (C=O) groups is 4. The van der Waals surface area contributed by atoms with Gasteiger partial charge in [-0.1, -0.05) is 12.1 Å². The molecule has 33 heavy (non-hydrogen) atoms.